The Morgan fingerprint density at radius 3 is 2.57 bits per heavy atom. The molecule has 0 bridgehead atoms. The number of ether oxygens (including phenoxy) is 1. The second kappa shape index (κ2) is 3.81. The van der Waals surface area contributed by atoms with Crippen LogP contribution in [0.15, 0.2) is 18.2 Å². The first kappa shape index (κ1) is 10.7. The van der Waals surface area contributed by atoms with Crippen molar-refractivity contribution < 1.29 is 13.5 Å². The van der Waals surface area contributed by atoms with E-state index in [1.54, 1.807) is 0 Å². The molecule has 0 N–H and O–H groups in total. The monoisotopic (exact) mass is 217 g/mol. The molecule has 0 saturated carbocycles. The van der Waals surface area contributed by atoms with Gasteiger partial charge in [-0.05, 0) is 18.2 Å². The summed E-state index contributed by atoms with van der Waals surface area (Å²) in [7, 11) is 1.40. The molecule has 1 aromatic carbocycles. The summed E-state index contributed by atoms with van der Waals surface area (Å²) in [6, 6.07) is 4.52. The van der Waals surface area contributed by atoms with Crippen LogP contribution in [-0.4, -0.2) is 7.11 Å². The predicted molar refractivity (Wildman–Crippen MR) is 47.5 cm³/mol. The molecule has 74 valence electrons. The van der Waals surface area contributed by atoms with Gasteiger partial charge in [-0.1, -0.05) is 11.6 Å². The summed E-state index contributed by atoms with van der Waals surface area (Å²) in [6.07, 6.45) is 0. The molecule has 0 spiro atoms. The molecule has 0 atom stereocenters. The van der Waals surface area contributed by atoms with Crippen LogP contribution in [0.5, 0.6) is 5.75 Å². The zero-order valence-electron chi connectivity index (χ0n) is 7.22. The van der Waals surface area contributed by atoms with E-state index in [0.29, 0.717) is 5.75 Å². The summed E-state index contributed by atoms with van der Waals surface area (Å²) >= 11 is 5.56. The minimum absolute atomic E-state index is 0.184. The molecule has 0 unspecified atom stereocenters. The van der Waals surface area contributed by atoms with Gasteiger partial charge in [0.15, 0.2) is 0 Å². The second-order valence-electron chi connectivity index (χ2n) is 2.53. The number of hydrogen-bond acceptors (Lipinski definition) is 2. The summed E-state index contributed by atoms with van der Waals surface area (Å²) in [5.74, 6) is -3.20. The zero-order chi connectivity index (χ0) is 10.8. The molecule has 0 radical (unpaired) electrons. The lowest BCUT2D eigenvalue weighted by Gasteiger charge is -2.10. The molecule has 14 heavy (non-hydrogen) atoms. The highest BCUT2D eigenvalue weighted by atomic mass is 35.5. The molecule has 0 heterocycles. The first-order chi connectivity index (χ1) is 6.51. The molecule has 0 saturated heterocycles. The van der Waals surface area contributed by atoms with E-state index < -0.39 is 11.5 Å². The number of halogens is 3. The molecule has 5 heteroatoms. The lowest BCUT2D eigenvalue weighted by atomic mass is 10.1. The Kier molecular flexibility index (Phi) is 2.92. The van der Waals surface area contributed by atoms with Gasteiger partial charge in [-0.25, -0.2) is 0 Å². The van der Waals surface area contributed by atoms with Gasteiger partial charge >= 0.3 is 5.92 Å². The van der Waals surface area contributed by atoms with Gasteiger partial charge in [0.25, 0.3) is 0 Å². The molecule has 1 rings (SSSR count). The highest BCUT2D eigenvalue weighted by molar-refractivity contribution is 6.31. The summed E-state index contributed by atoms with van der Waals surface area (Å²) in [5, 5.41) is 8.02. The molecule has 2 nitrogen and oxygen atoms in total. The third kappa shape index (κ3) is 1.94. The van der Waals surface area contributed by atoms with Gasteiger partial charge in [0, 0.05) is 0 Å². The van der Waals surface area contributed by atoms with Crippen LogP contribution in [0.2, 0.25) is 5.02 Å². The fourth-order valence-corrected chi connectivity index (χ4v) is 1.23. The highest BCUT2D eigenvalue weighted by Crippen LogP contribution is 2.34. The quantitative estimate of drug-likeness (QED) is 0.763. The van der Waals surface area contributed by atoms with E-state index >= 15 is 0 Å². The largest absolute Gasteiger partial charge is 0.497 e. The number of benzene rings is 1. The molecule has 1 aromatic rings. The summed E-state index contributed by atoms with van der Waals surface area (Å²) < 4.78 is 30.6. The maximum absolute atomic E-state index is 12.9. The smallest absolute Gasteiger partial charge is 0.358 e. The van der Waals surface area contributed by atoms with Crippen molar-refractivity contribution in [1.29, 1.82) is 5.26 Å². The van der Waals surface area contributed by atoms with Crippen LogP contribution in [0.25, 0.3) is 0 Å². The van der Waals surface area contributed by atoms with Crippen molar-refractivity contribution in [1.82, 2.24) is 0 Å². The number of methoxy groups -OCH3 is 1. The topological polar surface area (TPSA) is 33.0 Å². The van der Waals surface area contributed by atoms with E-state index in [4.69, 9.17) is 21.6 Å². The van der Waals surface area contributed by atoms with E-state index in [2.05, 4.69) is 0 Å². The Hall–Kier alpha value is -1.34. The van der Waals surface area contributed by atoms with Crippen LogP contribution in [0.4, 0.5) is 8.78 Å². The summed E-state index contributed by atoms with van der Waals surface area (Å²) in [6.45, 7) is 0. The number of hydrogen-bond donors (Lipinski definition) is 0. The fourth-order valence-electron chi connectivity index (χ4n) is 0.938. The molecule has 0 amide bonds. The molecular formula is C9H6ClF2NO. The molecule has 0 aliphatic carbocycles. The average molecular weight is 218 g/mol. The number of rotatable bonds is 2. The fraction of sp³-hybridized carbons (Fsp3) is 0.222. The summed E-state index contributed by atoms with van der Waals surface area (Å²) in [5.41, 5.74) is -0.512. The van der Waals surface area contributed by atoms with Crippen molar-refractivity contribution in [3.05, 3.63) is 28.8 Å². The van der Waals surface area contributed by atoms with Crippen LogP contribution in [0, 0.1) is 11.3 Å². The van der Waals surface area contributed by atoms with Crippen LogP contribution in [0.1, 0.15) is 5.56 Å². The third-order valence-corrected chi connectivity index (χ3v) is 1.97. The Morgan fingerprint density at radius 2 is 2.14 bits per heavy atom. The Labute approximate surface area is 84.7 Å². The Balaban J connectivity index is 3.20. The van der Waals surface area contributed by atoms with Crippen molar-refractivity contribution in [3.63, 3.8) is 0 Å². The van der Waals surface area contributed by atoms with Gasteiger partial charge in [0.05, 0.1) is 17.7 Å². The van der Waals surface area contributed by atoms with Crippen molar-refractivity contribution in [3.8, 4) is 11.8 Å². The first-order valence-electron chi connectivity index (χ1n) is 3.64. The van der Waals surface area contributed by atoms with Crippen molar-refractivity contribution in [2.75, 3.05) is 7.11 Å². The zero-order valence-corrected chi connectivity index (χ0v) is 7.98. The SMILES string of the molecule is COc1ccc(C(F)(F)C#N)c(Cl)c1. The number of nitrogens with zero attached hydrogens (tertiary/aromatic N) is 1. The highest BCUT2D eigenvalue weighted by Gasteiger charge is 2.33. The van der Waals surface area contributed by atoms with Gasteiger partial charge in [0.1, 0.15) is 11.8 Å². The number of nitriles is 1. The van der Waals surface area contributed by atoms with Gasteiger partial charge in [-0.3, -0.25) is 0 Å². The molecule has 0 aliphatic heterocycles. The van der Waals surface area contributed by atoms with E-state index in [1.807, 2.05) is 0 Å². The van der Waals surface area contributed by atoms with E-state index in [9.17, 15) is 8.78 Å². The van der Waals surface area contributed by atoms with Crippen molar-refractivity contribution in [2.45, 2.75) is 5.92 Å². The molecule has 0 aliphatic rings. The molecule has 0 fully saturated rings. The Bertz CT molecular complexity index is 387. The van der Waals surface area contributed by atoms with E-state index in [-0.39, 0.29) is 5.02 Å². The van der Waals surface area contributed by atoms with Crippen LogP contribution >= 0.6 is 11.6 Å². The van der Waals surface area contributed by atoms with Crippen LogP contribution in [-0.2, 0) is 5.92 Å². The van der Waals surface area contributed by atoms with Gasteiger partial charge in [-0.2, -0.15) is 14.0 Å². The maximum atomic E-state index is 12.9. The minimum atomic E-state index is -3.57. The Morgan fingerprint density at radius 1 is 1.50 bits per heavy atom. The third-order valence-electron chi connectivity index (χ3n) is 1.65. The number of alkyl halides is 2. The van der Waals surface area contributed by atoms with Gasteiger partial charge in [0.2, 0.25) is 0 Å². The van der Waals surface area contributed by atoms with E-state index in [0.717, 1.165) is 12.1 Å². The summed E-state index contributed by atoms with van der Waals surface area (Å²) in [4.78, 5) is 0. The van der Waals surface area contributed by atoms with E-state index in [1.165, 1.54) is 19.2 Å². The normalized spacial score (nSPS) is 10.8. The molecular weight excluding hydrogens is 212 g/mol. The lowest BCUT2D eigenvalue weighted by Crippen LogP contribution is -2.10. The van der Waals surface area contributed by atoms with Gasteiger partial charge in [-0.15, -0.1) is 0 Å². The van der Waals surface area contributed by atoms with Crippen LogP contribution < -0.4 is 4.74 Å². The van der Waals surface area contributed by atoms with Crippen molar-refractivity contribution >= 4 is 11.6 Å². The maximum Gasteiger partial charge on any atom is 0.358 e. The minimum Gasteiger partial charge on any atom is -0.497 e. The van der Waals surface area contributed by atoms with Crippen LogP contribution in [0.3, 0.4) is 0 Å². The van der Waals surface area contributed by atoms with Gasteiger partial charge < -0.3 is 4.74 Å². The lowest BCUT2D eigenvalue weighted by molar-refractivity contribution is 0.0614. The standard InChI is InChI=1S/C9H6ClF2NO/c1-14-6-2-3-7(8(10)4-6)9(11,12)5-13/h2-4H,1H3. The average Bonchev–Trinajstić information content (AvgIpc) is 2.17. The molecule has 0 aromatic heterocycles. The second-order valence-corrected chi connectivity index (χ2v) is 2.94. The van der Waals surface area contributed by atoms with Crippen molar-refractivity contribution in [2.24, 2.45) is 0 Å². The first-order valence-corrected chi connectivity index (χ1v) is 4.02. The predicted octanol–water partition coefficient (Wildman–Crippen LogP) is 2.96.